The second-order valence-corrected chi connectivity index (χ2v) is 17.9. The second kappa shape index (κ2) is 21.1. The number of hydrogen-bond acceptors (Lipinski definition) is 7. The summed E-state index contributed by atoms with van der Waals surface area (Å²) < 4.78 is 11.4. The van der Waals surface area contributed by atoms with Crippen molar-refractivity contribution in [2.45, 2.75) is 68.6 Å². The Bertz CT molecular complexity index is 2300. The van der Waals surface area contributed by atoms with Gasteiger partial charge in [0, 0.05) is 43.3 Å². The average molecular weight is 861 g/mol. The van der Waals surface area contributed by atoms with Crippen LogP contribution in [0.15, 0.2) is 170 Å². The fraction of sp³-hybridized carbons (Fsp3) is 0.264. The number of thioether (sulfide) groups is 1. The molecule has 6 aromatic rings. The molecule has 7 rings (SSSR count). The Balaban J connectivity index is 1.12. The van der Waals surface area contributed by atoms with Crippen LogP contribution in [0.4, 0.5) is 4.79 Å². The summed E-state index contributed by atoms with van der Waals surface area (Å²) in [4.78, 5) is 41.3. The van der Waals surface area contributed by atoms with Gasteiger partial charge in [0.25, 0.3) is 5.91 Å². The summed E-state index contributed by atoms with van der Waals surface area (Å²) in [7, 11) is 0. The first-order valence-electron chi connectivity index (χ1n) is 21.5. The molecule has 0 saturated carbocycles. The molecule has 0 radical (unpaired) electrons. The molecular formula is C53H56N4O5S. The summed E-state index contributed by atoms with van der Waals surface area (Å²) in [5, 5.41) is 13.0. The van der Waals surface area contributed by atoms with Crippen molar-refractivity contribution in [1.82, 2.24) is 21.3 Å². The zero-order chi connectivity index (χ0) is 44.1. The fourth-order valence-corrected chi connectivity index (χ4v) is 9.48. The summed E-state index contributed by atoms with van der Waals surface area (Å²) >= 11 is 1.76. The van der Waals surface area contributed by atoms with Gasteiger partial charge in [-0.15, -0.1) is 11.8 Å². The van der Waals surface area contributed by atoms with Gasteiger partial charge in [-0.3, -0.25) is 9.59 Å². The van der Waals surface area contributed by atoms with E-state index in [0.717, 1.165) is 33.4 Å². The maximum atomic E-state index is 14.2. The van der Waals surface area contributed by atoms with Gasteiger partial charge < -0.3 is 30.7 Å². The van der Waals surface area contributed by atoms with E-state index in [1.807, 2.05) is 112 Å². The van der Waals surface area contributed by atoms with Crippen molar-refractivity contribution in [3.63, 3.8) is 0 Å². The number of ether oxygens (including phenoxy) is 2. The first-order valence-corrected chi connectivity index (χ1v) is 22.5. The molecular weight excluding hydrogens is 805 g/mol. The third-order valence-electron chi connectivity index (χ3n) is 10.9. The maximum absolute atomic E-state index is 14.2. The Morgan fingerprint density at radius 2 is 1.22 bits per heavy atom. The minimum atomic E-state index is -0.830. The highest BCUT2D eigenvalue weighted by Gasteiger charge is 2.38. The lowest BCUT2D eigenvalue weighted by Crippen LogP contribution is -2.48. The first-order chi connectivity index (χ1) is 30.6. The molecule has 0 bridgehead atoms. The van der Waals surface area contributed by atoms with Crippen LogP contribution in [0.5, 0.6) is 5.75 Å². The number of rotatable bonds is 17. The monoisotopic (exact) mass is 860 g/mol. The van der Waals surface area contributed by atoms with Crippen molar-refractivity contribution in [3.8, 4) is 5.75 Å². The number of hydrogen-bond donors (Lipinski definition) is 4. The van der Waals surface area contributed by atoms with E-state index in [9.17, 15) is 14.4 Å². The Morgan fingerprint density at radius 1 is 0.683 bits per heavy atom. The summed E-state index contributed by atoms with van der Waals surface area (Å²) in [5.74, 6) is 0.324. The molecule has 4 N–H and O–H groups in total. The molecule has 1 aliphatic heterocycles. The maximum Gasteiger partial charge on any atom is 0.407 e. The van der Waals surface area contributed by atoms with E-state index < -0.39 is 28.4 Å². The lowest BCUT2D eigenvalue weighted by Gasteiger charge is -2.37. The zero-order valence-electron chi connectivity index (χ0n) is 36.1. The van der Waals surface area contributed by atoms with Crippen LogP contribution in [0.25, 0.3) is 0 Å². The van der Waals surface area contributed by atoms with Crippen LogP contribution in [0.2, 0.25) is 0 Å². The highest BCUT2D eigenvalue weighted by Crippen LogP contribution is 2.48. The molecule has 6 aromatic carbocycles. The van der Waals surface area contributed by atoms with Crippen molar-refractivity contribution in [2.24, 2.45) is 0 Å². The molecule has 1 heterocycles. The molecule has 63 heavy (non-hydrogen) atoms. The van der Waals surface area contributed by atoms with Crippen molar-refractivity contribution in [1.29, 1.82) is 0 Å². The van der Waals surface area contributed by atoms with Crippen LogP contribution in [0.3, 0.4) is 0 Å². The van der Waals surface area contributed by atoms with Crippen molar-refractivity contribution in [2.75, 3.05) is 18.9 Å². The molecule has 0 spiro atoms. The molecule has 10 heteroatoms. The van der Waals surface area contributed by atoms with Gasteiger partial charge in [0.15, 0.2) is 0 Å². The Kier molecular flexibility index (Phi) is 15.0. The van der Waals surface area contributed by atoms with Crippen molar-refractivity contribution < 1.29 is 23.9 Å². The number of benzene rings is 6. The van der Waals surface area contributed by atoms with E-state index in [-0.39, 0.29) is 18.0 Å². The Hall–Kier alpha value is -6.36. The van der Waals surface area contributed by atoms with Crippen LogP contribution >= 0.6 is 11.8 Å². The largest absolute Gasteiger partial charge is 0.492 e. The van der Waals surface area contributed by atoms with E-state index in [1.165, 1.54) is 0 Å². The molecule has 0 aliphatic carbocycles. The average Bonchev–Trinajstić information content (AvgIpc) is 3.30. The lowest BCUT2D eigenvalue weighted by molar-refractivity contribution is -0.123. The summed E-state index contributed by atoms with van der Waals surface area (Å²) in [5.41, 5.74) is 5.76. The topological polar surface area (TPSA) is 118 Å². The number of nitrogens with one attached hydrogen (secondary N) is 4. The van der Waals surface area contributed by atoms with E-state index in [0.29, 0.717) is 49.6 Å². The quantitative estimate of drug-likeness (QED) is 0.0676. The van der Waals surface area contributed by atoms with E-state index in [4.69, 9.17) is 9.47 Å². The Labute approximate surface area is 375 Å². The molecule has 0 aromatic heterocycles. The van der Waals surface area contributed by atoms with Gasteiger partial charge in [-0.1, -0.05) is 164 Å². The number of carbonyl (C=O) groups excluding carboxylic acids is 3. The SMILES string of the molecule is CC(C)(C)OC(=O)N[C@H](CNC1CCOc2c(C(=O)N[C@@H](Cc3ccccc3)C(=O)NCc3ccccc3)cccc21)CSC(c1ccccc1)(c1ccccc1)c1ccccc1. The minimum Gasteiger partial charge on any atom is -0.492 e. The van der Waals surface area contributed by atoms with Crippen LogP contribution < -0.4 is 26.0 Å². The van der Waals surface area contributed by atoms with Gasteiger partial charge in [0.05, 0.1) is 23.0 Å². The lowest BCUT2D eigenvalue weighted by atomic mass is 9.84. The fourth-order valence-electron chi connectivity index (χ4n) is 7.92. The molecule has 1 unspecified atom stereocenters. The number of amides is 3. The molecule has 0 fully saturated rings. The van der Waals surface area contributed by atoms with Crippen LogP contribution in [0.1, 0.15) is 77.0 Å². The minimum absolute atomic E-state index is 0.189. The highest BCUT2D eigenvalue weighted by atomic mass is 32.2. The van der Waals surface area contributed by atoms with Gasteiger partial charge >= 0.3 is 6.09 Å². The van der Waals surface area contributed by atoms with Crippen molar-refractivity contribution in [3.05, 3.63) is 209 Å². The van der Waals surface area contributed by atoms with Gasteiger partial charge in [0.2, 0.25) is 5.91 Å². The van der Waals surface area contributed by atoms with Gasteiger partial charge in [-0.05, 0) is 54.7 Å². The van der Waals surface area contributed by atoms with E-state index in [2.05, 4.69) is 94.1 Å². The molecule has 9 nitrogen and oxygen atoms in total. The van der Waals surface area contributed by atoms with Crippen LogP contribution in [-0.2, 0) is 27.2 Å². The predicted molar refractivity (Wildman–Crippen MR) is 252 cm³/mol. The third kappa shape index (κ3) is 11.8. The second-order valence-electron chi connectivity index (χ2n) is 16.7. The van der Waals surface area contributed by atoms with Crippen molar-refractivity contribution >= 4 is 29.7 Å². The normalized spacial score (nSPS) is 14.6. The van der Waals surface area contributed by atoms with Gasteiger partial charge in [0.1, 0.15) is 17.4 Å². The molecule has 0 saturated heterocycles. The van der Waals surface area contributed by atoms with Gasteiger partial charge in [-0.2, -0.15) is 0 Å². The molecule has 3 atom stereocenters. The highest BCUT2D eigenvalue weighted by molar-refractivity contribution is 8.00. The standard InChI is InChI=1S/C53H56N4O5S/c1-52(2,3)62-51(60)56-43(37-63-53(40-24-13-6-14-25-40,41-26-15-7-16-27-41)42-28-17-8-18-29-42)36-54-46-32-33-61-48-44(46)30-19-31-45(48)49(58)57-47(34-38-20-9-4-10-21-38)50(59)55-35-39-22-11-5-12-23-39/h4-31,43,46-47,54H,32-37H2,1-3H3,(H,55,59)(H,56,60)(H,57,58)/t43-,46?,47+/m1/s1. The van der Waals surface area contributed by atoms with E-state index >= 15 is 0 Å². The summed E-state index contributed by atoms with van der Waals surface area (Å²) in [6.07, 6.45) is 0.464. The van der Waals surface area contributed by atoms with Crippen LogP contribution in [-0.4, -0.2) is 54.5 Å². The number of para-hydroxylation sites is 1. The molecule has 1 aliphatic rings. The summed E-state index contributed by atoms with van der Waals surface area (Å²) in [6, 6.07) is 54.9. The number of carbonyl (C=O) groups is 3. The molecule has 324 valence electrons. The predicted octanol–water partition coefficient (Wildman–Crippen LogP) is 9.38. The molecule has 3 amide bonds. The number of alkyl carbamates (subject to hydrolysis) is 1. The zero-order valence-corrected chi connectivity index (χ0v) is 36.9. The third-order valence-corrected chi connectivity index (χ3v) is 12.6. The van der Waals surface area contributed by atoms with Gasteiger partial charge in [-0.25, -0.2) is 4.79 Å². The Morgan fingerprint density at radius 3 is 1.78 bits per heavy atom. The van der Waals surface area contributed by atoms with Crippen LogP contribution in [0, 0.1) is 0 Å². The number of fused-ring (bicyclic) bond motifs is 1. The summed E-state index contributed by atoms with van der Waals surface area (Å²) in [6.45, 7) is 6.68. The van der Waals surface area contributed by atoms with E-state index in [1.54, 1.807) is 17.8 Å². The first kappa shape index (κ1) is 44.7. The smallest absolute Gasteiger partial charge is 0.407 e.